The maximum absolute atomic E-state index is 13.1. The van der Waals surface area contributed by atoms with Gasteiger partial charge in [-0.2, -0.15) is 0 Å². The molecule has 1 unspecified atom stereocenters. The number of carboxylic acids is 1. The second-order valence-electron chi connectivity index (χ2n) is 12.6. The van der Waals surface area contributed by atoms with Gasteiger partial charge < -0.3 is 47.2 Å². The molecule has 282 valence electrons. The van der Waals surface area contributed by atoms with Crippen LogP contribution < -0.4 is 22.1 Å². The van der Waals surface area contributed by atoms with E-state index in [0.717, 1.165) is 5.56 Å². The van der Waals surface area contributed by atoms with Gasteiger partial charge in [-0.1, -0.05) is 30.3 Å². The minimum atomic E-state index is -1.26. The predicted octanol–water partition coefficient (Wildman–Crippen LogP) is -0.952. The van der Waals surface area contributed by atoms with Crippen LogP contribution in [0, 0.1) is 10.1 Å². The Hall–Kier alpha value is -5.46. The first kappa shape index (κ1) is 41.0. The van der Waals surface area contributed by atoms with Crippen molar-refractivity contribution in [1.82, 2.24) is 20.4 Å². The Kier molecular flexibility index (Phi) is 14.7. The Balaban J connectivity index is 0.000000288. The predicted molar refractivity (Wildman–Crippen MR) is 184 cm³/mol. The van der Waals surface area contributed by atoms with E-state index in [2.05, 4.69) is 10.6 Å². The number of nitro groups is 1. The van der Waals surface area contributed by atoms with Crippen LogP contribution in [0.3, 0.4) is 0 Å². The fourth-order valence-corrected chi connectivity index (χ4v) is 5.88. The van der Waals surface area contributed by atoms with E-state index in [1.165, 1.54) is 47.9 Å². The molecule has 2 saturated heterocycles. The summed E-state index contributed by atoms with van der Waals surface area (Å²) in [5.74, 6) is -4.05. The molecule has 9 N–H and O–H groups in total. The van der Waals surface area contributed by atoms with Crippen LogP contribution >= 0.6 is 0 Å². The number of aliphatic hydroxyl groups is 2. The second kappa shape index (κ2) is 18.7. The summed E-state index contributed by atoms with van der Waals surface area (Å²) in [6.45, 7) is 3.44. The first-order chi connectivity index (χ1) is 24.5. The van der Waals surface area contributed by atoms with Gasteiger partial charge in [0.25, 0.3) is 11.6 Å². The van der Waals surface area contributed by atoms with Gasteiger partial charge in [0.1, 0.15) is 30.2 Å². The number of likely N-dealkylation sites (tertiary alicyclic amines) is 2. The lowest BCUT2D eigenvalue weighted by atomic mass is 10.1. The van der Waals surface area contributed by atoms with E-state index in [0.29, 0.717) is 38.8 Å². The molecule has 2 aliphatic heterocycles. The number of nitro benzene ring substituents is 1. The third-order valence-electron chi connectivity index (χ3n) is 8.78. The number of aliphatic carboxylic acids is 1. The van der Waals surface area contributed by atoms with E-state index in [-0.39, 0.29) is 23.6 Å². The number of nitrogens with zero attached hydrogens (tertiary/aromatic N) is 3. The quantitative estimate of drug-likeness (QED) is 0.0971. The van der Waals surface area contributed by atoms with Crippen molar-refractivity contribution in [1.29, 1.82) is 0 Å². The van der Waals surface area contributed by atoms with Crippen molar-refractivity contribution in [2.24, 2.45) is 11.5 Å². The van der Waals surface area contributed by atoms with Gasteiger partial charge in [-0.05, 0) is 57.2 Å². The highest BCUT2D eigenvalue weighted by Crippen LogP contribution is 2.26. The molecule has 0 aromatic heterocycles. The molecule has 2 fully saturated rings. The van der Waals surface area contributed by atoms with Crippen molar-refractivity contribution < 1.29 is 49.0 Å². The number of carbonyl (C=O) groups excluding carboxylic acids is 5. The summed E-state index contributed by atoms with van der Waals surface area (Å²) in [5.41, 5.74) is 11.8. The van der Waals surface area contributed by atoms with E-state index in [1.54, 1.807) is 24.3 Å². The van der Waals surface area contributed by atoms with E-state index < -0.39 is 76.9 Å². The molecule has 0 saturated carbocycles. The third kappa shape index (κ3) is 10.8. The number of benzene rings is 2. The molecule has 2 aromatic carbocycles. The van der Waals surface area contributed by atoms with Gasteiger partial charge >= 0.3 is 5.97 Å². The van der Waals surface area contributed by atoms with Crippen molar-refractivity contribution in [3.8, 4) is 0 Å². The number of hydrogen-bond acceptors (Lipinski definition) is 11. The fourth-order valence-electron chi connectivity index (χ4n) is 5.88. The average Bonchev–Trinajstić information content (AvgIpc) is 3.81. The zero-order valence-electron chi connectivity index (χ0n) is 28.8. The summed E-state index contributed by atoms with van der Waals surface area (Å²) in [6, 6.07) is 8.87. The Labute approximate surface area is 299 Å². The molecule has 18 heteroatoms. The lowest BCUT2D eigenvalue weighted by Gasteiger charge is -2.33. The molecule has 5 amide bonds. The molecule has 0 spiro atoms. The fraction of sp³-hybridized carbons (Fsp3) is 0.471. The summed E-state index contributed by atoms with van der Waals surface area (Å²) in [4.78, 5) is 85.9. The lowest BCUT2D eigenvalue weighted by Crippen LogP contribution is -2.58. The number of nitrogens with one attached hydrogen (secondary N) is 2. The SMILES string of the molecule is C[C@@H](O)[C@H](N)C(=O)N1CCC[C@H]1C(=O)N1CCC[C@H]1C(=O)N[C@H](C(N)=O)[C@@H](C)O.O=C(NC(Cc1ccccc1)C(=O)O)c1ccc([N+](=O)[O-])cc1. The number of rotatable bonds is 13. The largest absolute Gasteiger partial charge is 0.480 e. The zero-order valence-corrected chi connectivity index (χ0v) is 28.8. The molecule has 2 heterocycles. The molecule has 18 nitrogen and oxygen atoms in total. The molecule has 2 aliphatic rings. The highest BCUT2D eigenvalue weighted by Gasteiger charge is 2.44. The van der Waals surface area contributed by atoms with Crippen molar-refractivity contribution in [2.75, 3.05) is 13.1 Å². The van der Waals surface area contributed by atoms with Crippen LogP contribution in [0.4, 0.5) is 5.69 Å². The summed E-state index contributed by atoms with van der Waals surface area (Å²) >= 11 is 0. The molecule has 4 rings (SSSR count). The Morgan fingerprint density at radius 3 is 1.98 bits per heavy atom. The van der Waals surface area contributed by atoms with Crippen molar-refractivity contribution in [2.45, 2.75) is 88.4 Å². The molecule has 7 atom stereocenters. The van der Waals surface area contributed by atoms with Gasteiger partial charge in [0.15, 0.2) is 0 Å². The molecule has 0 radical (unpaired) electrons. The number of amides is 5. The summed E-state index contributed by atoms with van der Waals surface area (Å²) in [7, 11) is 0. The van der Waals surface area contributed by atoms with Gasteiger partial charge in [0, 0.05) is 37.2 Å². The van der Waals surface area contributed by atoms with E-state index in [4.69, 9.17) is 11.5 Å². The van der Waals surface area contributed by atoms with Gasteiger partial charge in [0.2, 0.25) is 23.6 Å². The molecule has 0 aliphatic carbocycles. The summed E-state index contributed by atoms with van der Waals surface area (Å²) in [5, 5.41) is 43.9. The van der Waals surface area contributed by atoms with E-state index in [1.807, 2.05) is 6.07 Å². The monoisotopic (exact) mass is 727 g/mol. The second-order valence-corrected chi connectivity index (χ2v) is 12.6. The number of nitrogens with two attached hydrogens (primary N) is 2. The van der Waals surface area contributed by atoms with Crippen molar-refractivity contribution in [3.63, 3.8) is 0 Å². The summed E-state index contributed by atoms with van der Waals surface area (Å²) in [6.07, 6.45) is -0.0218. The molecular weight excluding hydrogens is 682 g/mol. The Morgan fingerprint density at radius 1 is 0.885 bits per heavy atom. The van der Waals surface area contributed by atoms with Crippen LogP contribution in [0.15, 0.2) is 54.6 Å². The van der Waals surface area contributed by atoms with Crippen LogP contribution in [0.5, 0.6) is 0 Å². The van der Waals surface area contributed by atoms with Crippen LogP contribution in [0.2, 0.25) is 0 Å². The molecule has 52 heavy (non-hydrogen) atoms. The van der Waals surface area contributed by atoms with Gasteiger partial charge in [-0.25, -0.2) is 4.79 Å². The maximum Gasteiger partial charge on any atom is 0.326 e. The lowest BCUT2D eigenvalue weighted by molar-refractivity contribution is -0.384. The van der Waals surface area contributed by atoms with Gasteiger partial charge in [-0.15, -0.1) is 0 Å². The normalized spacial score (nSPS) is 19.6. The zero-order chi connectivity index (χ0) is 38.7. The third-order valence-corrected chi connectivity index (χ3v) is 8.78. The standard InChI is InChI=1S/C18H31N5O6.C16H14N2O5/c1-9(24)13(19)18(29)23-8-4-6-12(23)17(28)22-7-3-5-11(22)16(27)21-14(10(2)25)15(20)26;19-15(12-6-8-13(9-7-12)18(22)23)17-14(16(20)21)10-11-4-2-1-3-5-11/h9-14,24-25H,3-8,19H2,1-2H3,(H2,20,26)(H,21,27);1-9,14H,10H2,(H,17,19)(H,20,21)/t9-,10-,11+,12+,13+,14+;/m1./s1. The number of carbonyl (C=O) groups is 6. The number of carboxylic acid groups (broad SMARTS) is 1. The topological polar surface area (TPSA) is 289 Å². The smallest absolute Gasteiger partial charge is 0.326 e. The van der Waals surface area contributed by atoms with E-state index >= 15 is 0 Å². The van der Waals surface area contributed by atoms with Crippen molar-refractivity contribution >= 4 is 41.2 Å². The van der Waals surface area contributed by atoms with E-state index in [9.17, 15) is 54.2 Å². The minimum absolute atomic E-state index is 0.138. The van der Waals surface area contributed by atoms with Crippen LogP contribution in [-0.4, -0.2) is 121 Å². The maximum atomic E-state index is 13.1. The number of aliphatic hydroxyl groups excluding tert-OH is 2. The Bertz CT molecular complexity index is 1600. The van der Waals surface area contributed by atoms with Crippen LogP contribution in [0.1, 0.15) is 55.5 Å². The molecule has 0 bridgehead atoms. The molecular formula is C34H45N7O11. The number of primary amides is 1. The minimum Gasteiger partial charge on any atom is -0.480 e. The van der Waals surface area contributed by atoms with Gasteiger partial charge in [-0.3, -0.25) is 34.1 Å². The summed E-state index contributed by atoms with van der Waals surface area (Å²) < 4.78 is 0. The van der Waals surface area contributed by atoms with Crippen molar-refractivity contribution in [3.05, 3.63) is 75.8 Å². The average molecular weight is 728 g/mol. The highest BCUT2D eigenvalue weighted by molar-refractivity contribution is 5.97. The first-order valence-electron chi connectivity index (χ1n) is 16.7. The van der Waals surface area contributed by atoms with Gasteiger partial charge in [0.05, 0.1) is 17.1 Å². The van der Waals surface area contributed by atoms with Crippen LogP contribution in [-0.2, 0) is 30.4 Å². The number of non-ortho nitro benzene ring substituents is 1. The Morgan fingerprint density at radius 2 is 1.46 bits per heavy atom. The van der Waals surface area contributed by atoms with Crippen LogP contribution in [0.25, 0.3) is 0 Å². The first-order valence-corrected chi connectivity index (χ1v) is 16.7. The highest BCUT2D eigenvalue weighted by atomic mass is 16.6. The molecule has 2 aromatic rings. The number of hydrogen-bond donors (Lipinski definition) is 7.